The quantitative estimate of drug-likeness (QED) is 0.450. The average Bonchev–Trinajstić information content (AvgIpc) is 2.42. The van der Waals surface area contributed by atoms with Gasteiger partial charge < -0.3 is 10.2 Å². The topological polar surface area (TPSA) is 57.5 Å². The molecule has 1 atom stereocenters. The second-order valence-electron chi connectivity index (χ2n) is 5.36. The monoisotopic (exact) mass is 292 g/mol. The second-order valence-corrected chi connectivity index (χ2v) is 5.36. The van der Waals surface area contributed by atoms with E-state index in [-0.39, 0.29) is 12.5 Å². The van der Waals surface area contributed by atoms with Crippen LogP contribution in [0.25, 0.3) is 0 Å². The highest BCUT2D eigenvalue weighted by atomic mass is 16.4. The average molecular weight is 292 g/mol. The predicted octanol–water partition coefficient (Wildman–Crippen LogP) is 3.75. The second kappa shape index (κ2) is 14.9. The fourth-order valence-corrected chi connectivity index (χ4v) is 1.89. The Kier molecular flexibility index (Phi) is 13.9. The Hall–Kier alpha value is -1.45. The summed E-state index contributed by atoms with van der Waals surface area (Å²) in [6.07, 6.45) is 9.72. The van der Waals surface area contributed by atoms with E-state index in [9.17, 15) is 4.79 Å². The van der Waals surface area contributed by atoms with Gasteiger partial charge in [0.15, 0.2) is 0 Å². The fraction of sp³-hybridized carbons (Fsp3) is 0.722. The van der Waals surface area contributed by atoms with Gasteiger partial charge in [0, 0.05) is 19.3 Å². The normalized spacial score (nSPS) is 11.0. The van der Waals surface area contributed by atoms with Crippen molar-refractivity contribution in [2.75, 3.05) is 0 Å². The standard InChI is InChI=1S/C18H28O3/c1-17(19)15-13-11-9-7-5-3-2-4-6-8-10-12-14-16-18(20)21/h17,19H,4,6,8-16H2,1H3,(H,20,21). The largest absolute Gasteiger partial charge is 0.481 e. The Morgan fingerprint density at radius 1 is 0.905 bits per heavy atom. The van der Waals surface area contributed by atoms with Crippen LogP contribution in [0.2, 0.25) is 0 Å². The first-order chi connectivity index (χ1) is 10.1. The summed E-state index contributed by atoms with van der Waals surface area (Å²) in [4.78, 5) is 10.3. The van der Waals surface area contributed by atoms with Gasteiger partial charge in [-0.2, -0.15) is 0 Å². The third-order valence-corrected chi connectivity index (χ3v) is 3.11. The molecule has 2 N–H and O–H groups in total. The first kappa shape index (κ1) is 19.6. The van der Waals surface area contributed by atoms with Gasteiger partial charge in [0.2, 0.25) is 0 Å². The summed E-state index contributed by atoms with van der Waals surface area (Å²) >= 11 is 0. The van der Waals surface area contributed by atoms with Crippen molar-refractivity contribution < 1.29 is 15.0 Å². The zero-order chi connectivity index (χ0) is 15.8. The highest BCUT2D eigenvalue weighted by molar-refractivity contribution is 5.66. The third kappa shape index (κ3) is 18.5. The maximum Gasteiger partial charge on any atom is 0.303 e. The summed E-state index contributed by atoms with van der Waals surface area (Å²) in [5, 5.41) is 17.6. The van der Waals surface area contributed by atoms with Crippen molar-refractivity contribution in [3.63, 3.8) is 0 Å². The lowest BCUT2D eigenvalue weighted by atomic mass is 10.1. The number of carbonyl (C=O) groups is 1. The van der Waals surface area contributed by atoms with Crippen molar-refractivity contribution in [1.82, 2.24) is 0 Å². The minimum Gasteiger partial charge on any atom is -0.481 e. The molecule has 0 aromatic rings. The minimum atomic E-state index is -0.703. The molecule has 0 saturated carbocycles. The lowest BCUT2D eigenvalue weighted by Gasteiger charge is -2.00. The number of aliphatic hydroxyl groups is 1. The van der Waals surface area contributed by atoms with Crippen LogP contribution in [0.4, 0.5) is 0 Å². The molecule has 3 heteroatoms. The van der Waals surface area contributed by atoms with Gasteiger partial charge in [0.1, 0.15) is 0 Å². The molecule has 0 aliphatic carbocycles. The van der Waals surface area contributed by atoms with E-state index in [4.69, 9.17) is 10.2 Å². The maximum atomic E-state index is 10.3. The van der Waals surface area contributed by atoms with Crippen LogP contribution in [0.5, 0.6) is 0 Å². The number of carboxylic acids is 1. The van der Waals surface area contributed by atoms with E-state index >= 15 is 0 Å². The highest BCUT2D eigenvalue weighted by Crippen LogP contribution is 2.06. The van der Waals surface area contributed by atoms with Crippen LogP contribution >= 0.6 is 0 Å². The van der Waals surface area contributed by atoms with Crippen LogP contribution in [-0.2, 0) is 4.79 Å². The van der Waals surface area contributed by atoms with Crippen molar-refractivity contribution in [3.05, 3.63) is 0 Å². The van der Waals surface area contributed by atoms with Crippen molar-refractivity contribution in [2.24, 2.45) is 0 Å². The zero-order valence-corrected chi connectivity index (χ0v) is 13.2. The van der Waals surface area contributed by atoms with E-state index in [1.807, 2.05) is 6.92 Å². The summed E-state index contributed by atoms with van der Waals surface area (Å²) in [5.41, 5.74) is 0. The lowest BCUT2D eigenvalue weighted by Crippen LogP contribution is -1.97. The molecule has 118 valence electrons. The molecule has 0 heterocycles. The molecule has 0 amide bonds. The molecule has 0 saturated heterocycles. The van der Waals surface area contributed by atoms with Crippen LogP contribution < -0.4 is 0 Å². The number of aliphatic hydroxyl groups excluding tert-OH is 1. The Labute approximate surface area is 129 Å². The molecular formula is C18H28O3. The molecule has 0 spiro atoms. The summed E-state index contributed by atoms with van der Waals surface area (Å²) in [5.74, 6) is 11.1. The molecule has 0 radical (unpaired) electrons. The molecule has 0 aliphatic rings. The highest BCUT2D eigenvalue weighted by Gasteiger charge is 1.95. The summed E-state index contributed by atoms with van der Waals surface area (Å²) in [7, 11) is 0. The molecule has 3 nitrogen and oxygen atoms in total. The Morgan fingerprint density at radius 3 is 2.00 bits per heavy atom. The first-order valence-electron chi connectivity index (χ1n) is 7.98. The van der Waals surface area contributed by atoms with Crippen molar-refractivity contribution in [1.29, 1.82) is 0 Å². The lowest BCUT2D eigenvalue weighted by molar-refractivity contribution is -0.137. The minimum absolute atomic E-state index is 0.207. The van der Waals surface area contributed by atoms with Gasteiger partial charge in [0.05, 0.1) is 6.10 Å². The van der Waals surface area contributed by atoms with Gasteiger partial charge in [0.25, 0.3) is 0 Å². The van der Waals surface area contributed by atoms with E-state index in [1.54, 1.807) is 0 Å². The van der Waals surface area contributed by atoms with E-state index in [1.165, 1.54) is 0 Å². The Balaban J connectivity index is 3.32. The molecular weight excluding hydrogens is 264 g/mol. The van der Waals surface area contributed by atoms with Gasteiger partial charge in [-0.15, -0.1) is 0 Å². The number of aliphatic carboxylic acids is 1. The molecule has 0 bridgehead atoms. The molecule has 21 heavy (non-hydrogen) atoms. The number of hydrogen-bond acceptors (Lipinski definition) is 2. The predicted molar refractivity (Wildman–Crippen MR) is 85.7 cm³/mol. The van der Waals surface area contributed by atoms with Crippen LogP contribution in [0.3, 0.4) is 0 Å². The molecule has 1 unspecified atom stereocenters. The summed E-state index contributed by atoms with van der Waals surface area (Å²) in [6, 6.07) is 0. The van der Waals surface area contributed by atoms with Crippen LogP contribution in [0.1, 0.15) is 77.6 Å². The Morgan fingerprint density at radius 2 is 1.43 bits per heavy atom. The van der Waals surface area contributed by atoms with Crippen LogP contribution in [0.15, 0.2) is 0 Å². The Bertz CT molecular complexity index is 377. The first-order valence-corrected chi connectivity index (χ1v) is 7.98. The number of hydrogen-bond donors (Lipinski definition) is 2. The SMILES string of the molecule is CC(O)CCCCC#CC#CCCCCCCCC(=O)O. The zero-order valence-electron chi connectivity index (χ0n) is 13.2. The van der Waals surface area contributed by atoms with Gasteiger partial charge >= 0.3 is 5.97 Å². The van der Waals surface area contributed by atoms with Gasteiger partial charge in [-0.25, -0.2) is 0 Å². The summed E-state index contributed by atoms with van der Waals surface area (Å²) in [6.45, 7) is 1.81. The number of carboxylic acid groups (broad SMARTS) is 1. The van der Waals surface area contributed by atoms with E-state index in [2.05, 4.69) is 23.7 Å². The van der Waals surface area contributed by atoms with Crippen LogP contribution in [0, 0.1) is 23.7 Å². The maximum absolute atomic E-state index is 10.3. The smallest absolute Gasteiger partial charge is 0.303 e. The van der Waals surface area contributed by atoms with Gasteiger partial charge in [-0.3, -0.25) is 4.79 Å². The van der Waals surface area contributed by atoms with E-state index in [0.717, 1.165) is 64.2 Å². The van der Waals surface area contributed by atoms with E-state index in [0.29, 0.717) is 0 Å². The molecule has 0 fully saturated rings. The molecule has 0 aliphatic heterocycles. The molecule has 0 aromatic heterocycles. The van der Waals surface area contributed by atoms with Gasteiger partial charge in [-0.1, -0.05) is 31.1 Å². The van der Waals surface area contributed by atoms with Crippen LogP contribution in [-0.4, -0.2) is 22.3 Å². The van der Waals surface area contributed by atoms with Gasteiger partial charge in [-0.05, 0) is 50.9 Å². The van der Waals surface area contributed by atoms with Crippen molar-refractivity contribution >= 4 is 5.97 Å². The molecule has 0 aromatic carbocycles. The number of unbranched alkanes of at least 4 members (excludes halogenated alkanes) is 7. The summed E-state index contributed by atoms with van der Waals surface area (Å²) < 4.78 is 0. The molecule has 0 rings (SSSR count). The van der Waals surface area contributed by atoms with E-state index < -0.39 is 5.97 Å². The van der Waals surface area contributed by atoms with Crippen molar-refractivity contribution in [2.45, 2.75) is 83.7 Å². The third-order valence-electron chi connectivity index (χ3n) is 3.11. The number of rotatable bonds is 11. The fourth-order valence-electron chi connectivity index (χ4n) is 1.89. The van der Waals surface area contributed by atoms with Crippen molar-refractivity contribution in [3.8, 4) is 23.7 Å².